The van der Waals surface area contributed by atoms with Gasteiger partial charge in [0.25, 0.3) is 0 Å². The standard InChI is InChI=1S/C18H21NO3S/c1-2-12-11-23(21,22)16-9-8-14(19)10-15(16)17(18(12)20)13-6-4-3-5-7-13/h3-10,12,17-18,20H,2,11,19H2,1H3. The number of hydrogen-bond donors (Lipinski definition) is 2. The molecular formula is C18H21NO3S. The molecule has 1 aliphatic rings. The van der Waals surface area contributed by atoms with Crippen LogP contribution in [-0.4, -0.2) is 25.4 Å². The van der Waals surface area contributed by atoms with E-state index in [1.807, 2.05) is 37.3 Å². The Kier molecular flexibility index (Phi) is 4.17. The van der Waals surface area contributed by atoms with Gasteiger partial charge in [0.15, 0.2) is 9.84 Å². The maximum atomic E-state index is 12.7. The highest BCUT2D eigenvalue weighted by Crippen LogP contribution is 2.41. The van der Waals surface area contributed by atoms with Crippen LogP contribution in [0.3, 0.4) is 0 Å². The third-order valence-electron chi connectivity index (χ3n) is 4.65. The molecule has 0 bridgehead atoms. The molecule has 2 aromatic carbocycles. The molecule has 4 nitrogen and oxygen atoms in total. The van der Waals surface area contributed by atoms with E-state index in [0.717, 1.165) is 5.56 Å². The van der Waals surface area contributed by atoms with Gasteiger partial charge in [0.2, 0.25) is 0 Å². The molecule has 0 saturated heterocycles. The van der Waals surface area contributed by atoms with Gasteiger partial charge < -0.3 is 10.8 Å². The van der Waals surface area contributed by atoms with Gasteiger partial charge in [0, 0.05) is 11.6 Å². The minimum Gasteiger partial charge on any atom is -0.399 e. The van der Waals surface area contributed by atoms with Crippen LogP contribution in [0.2, 0.25) is 0 Å². The minimum atomic E-state index is -3.45. The fraction of sp³-hybridized carbons (Fsp3) is 0.333. The summed E-state index contributed by atoms with van der Waals surface area (Å²) in [5, 5.41) is 10.9. The molecule has 0 spiro atoms. The second kappa shape index (κ2) is 5.98. The van der Waals surface area contributed by atoms with Crippen LogP contribution in [0, 0.1) is 5.92 Å². The van der Waals surface area contributed by atoms with Crippen molar-refractivity contribution in [1.29, 1.82) is 0 Å². The SMILES string of the molecule is CCC1CS(=O)(=O)c2ccc(N)cc2C(c2ccccc2)C1O. The van der Waals surface area contributed by atoms with Crippen LogP contribution in [0.5, 0.6) is 0 Å². The lowest BCUT2D eigenvalue weighted by Crippen LogP contribution is -2.29. The molecule has 0 saturated carbocycles. The number of aliphatic hydroxyl groups excluding tert-OH is 1. The molecule has 0 aromatic heterocycles. The van der Waals surface area contributed by atoms with E-state index < -0.39 is 21.9 Å². The molecule has 3 unspecified atom stereocenters. The Morgan fingerprint density at radius 1 is 1.17 bits per heavy atom. The highest BCUT2D eigenvalue weighted by atomic mass is 32.2. The van der Waals surface area contributed by atoms with E-state index in [9.17, 15) is 13.5 Å². The Morgan fingerprint density at radius 2 is 1.87 bits per heavy atom. The average Bonchev–Trinajstić information content (AvgIpc) is 2.61. The molecular weight excluding hydrogens is 310 g/mol. The van der Waals surface area contributed by atoms with Gasteiger partial charge in [-0.2, -0.15) is 0 Å². The van der Waals surface area contributed by atoms with Gasteiger partial charge in [-0.25, -0.2) is 8.42 Å². The van der Waals surface area contributed by atoms with Crippen molar-refractivity contribution < 1.29 is 13.5 Å². The Morgan fingerprint density at radius 3 is 2.52 bits per heavy atom. The summed E-state index contributed by atoms with van der Waals surface area (Å²) in [5.74, 6) is -0.735. The zero-order chi connectivity index (χ0) is 16.6. The number of aliphatic hydroxyl groups is 1. The fourth-order valence-electron chi connectivity index (χ4n) is 3.42. The third kappa shape index (κ3) is 2.86. The van der Waals surface area contributed by atoms with E-state index in [1.54, 1.807) is 18.2 Å². The molecule has 0 radical (unpaired) electrons. The van der Waals surface area contributed by atoms with Gasteiger partial charge in [0.1, 0.15) is 0 Å². The Hall–Kier alpha value is -1.85. The van der Waals surface area contributed by atoms with Crippen molar-refractivity contribution in [2.75, 3.05) is 11.5 Å². The van der Waals surface area contributed by atoms with Crippen molar-refractivity contribution in [3.63, 3.8) is 0 Å². The molecule has 122 valence electrons. The summed E-state index contributed by atoms with van der Waals surface area (Å²) in [5.41, 5.74) is 7.90. The summed E-state index contributed by atoms with van der Waals surface area (Å²) >= 11 is 0. The first-order valence-corrected chi connectivity index (χ1v) is 9.44. The van der Waals surface area contributed by atoms with Crippen molar-refractivity contribution in [2.24, 2.45) is 5.92 Å². The van der Waals surface area contributed by atoms with Crippen LogP contribution >= 0.6 is 0 Å². The van der Waals surface area contributed by atoms with Crippen LogP contribution in [0.15, 0.2) is 53.4 Å². The Balaban J connectivity index is 2.28. The molecule has 1 aliphatic heterocycles. The van der Waals surface area contributed by atoms with E-state index in [4.69, 9.17) is 5.73 Å². The number of fused-ring (bicyclic) bond motifs is 1. The van der Waals surface area contributed by atoms with Gasteiger partial charge in [-0.05, 0) is 41.7 Å². The molecule has 1 heterocycles. The average molecular weight is 331 g/mol. The minimum absolute atomic E-state index is 0.0368. The van der Waals surface area contributed by atoms with Crippen molar-refractivity contribution in [3.8, 4) is 0 Å². The predicted molar refractivity (Wildman–Crippen MR) is 91.0 cm³/mol. The molecule has 23 heavy (non-hydrogen) atoms. The summed E-state index contributed by atoms with van der Waals surface area (Å²) in [6.45, 7) is 1.91. The van der Waals surface area contributed by atoms with Gasteiger partial charge in [-0.3, -0.25) is 0 Å². The van der Waals surface area contributed by atoms with Gasteiger partial charge in [-0.15, -0.1) is 0 Å². The maximum absolute atomic E-state index is 12.7. The maximum Gasteiger partial charge on any atom is 0.179 e. The summed E-state index contributed by atoms with van der Waals surface area (Å²) in [6.07, 6.45) is -0.159. The lowest BCUT2D eigenvalue weighted by atomic mass is 9.81. The summed E-state index contributed by atoms with van der Waals surface area (Å²) < 4.78 is 25.5. The molecule has 0 fully saturated rings. The lowest BCUT2D eigenvalue weighted by molar-refractivity contribution is 0.100. The van der Waals surface area contributed by atoms with Crippen LogP contribution in [-0.2, 0) is 9.84 Å². The second-order valence-electron chi connectivity index (χ2n) is 6.13. The highest BCUT2D eigenvalue weighted by Gasteiger charge is 2.39. The Labute approximate surface area is 136 Å². The van der Waals surface area contributed by atoms with Crippen molar-refractivity contribution in [2.45, 2.75) is 30.3 Å². The monoisotopic (exact) mass is 331 g/mol. The first-order chi connectivity index (χ1) is 10.9. The first kappa shape index (κ1) is 16.0. The summed E-state index contributed by atoms with van der Waals surface area (Å²) in [4.78, 5) is 0.288. The van der Waals surface area contributed by atoms with E-state index in [0.29, 0.717) is 17.7 Å². The quantitative estimate of drug-likeness (QED) is 0.829. The fourth-order valence-corrected chi connectivity index (χ4v) is 5.41. The summed E-state index contributed by atoms with van der Waals surface area (Å²) in [6, 6.07) is 14.4. The number of anilines is 1. The second-order valence-corrected chi connectivity index (χ2v) is 8.13. The number of nitrogens with two attached hydrogens (primary N) is 1. The van der Waals surface area contributed by atoms with Crippen LogP contribution in [0.25, 0.3) is 0 Å². The number of nitrogen functional groups attached to an aromatic ring is 1. The van der Waals surface area contributed by atoms with E-state index >= 15 is 0 Å². The van der Waals surface area contributed by atoms with Crippen LogP contribution in [0.1, 0.15) is 30.4 Å². The molecule has 3 rings (SSSR count). The third-order valence-corrected chi connectivity index (χ3v) is 6.55. The zero-order valence-electron chi connectivity index (χ0n) is 13.0. The number of benzene rings is 2. The van der Waals surface area contributed by atoms with E-state index in [2.05, 4.69) is 0 Å². The van der Waals surface area contributed by atoms with Gasteiger partial charge in [-0.1, -0.05) is 37.3 Å². The normalized spacial score (nSPS) is 26.3. The molecule has 3 N–H and O–H groups in total. The van der Waals surface area contributed by atoms with Crippen molar-refractivity contribution >= 4 is 15.5 Å². The smallest absolute Gasteiger partial charge is 0.179 e. The van der Waals surface area contributed by atoms with E-state index in [-0.39, 0.29) is 16.6 Å². The predicted octanol–water partition coefficient (Wildman–Crippen LogP) is 2.58. The number of sulfone groups is 1. The van der Waals surface area contributed by atoms with Crippen LogP contribution < -0.4 is 5.73 Å². The number of hydrogen-bond acceptors (Lipinski definition) is 4. The molecule has 5 heteroatoms. The topological polar surface area (TPSA) is 80.4 Å². The van der Waals surface area contributed by atoms with Crippen molar-refractivity contribution in [1.82, 2.24) is 0 Å². The number of rotatable bonds is 2. The lowest BCUT2D eigenvalue weighted by Gasteiger charge is -2.27. The first-order valence-electron chi connectivity index (χ1n) is 7.79. The molecule has 2 aromatic rings. The van der Waals surface area contributed by atoms with Crippen LogP contribution in [0.4, 0.5) is 5.69 Å². The van der Waals surface area contributed by atoms with E-state index in [1.165, 1.54) is 0 Å². The van der Waals surface area contributed by atoms with Gasteiger partial charge >= 0.3 is 0 Å². The van der Waals surface area contributed by atoms with Crippen molar-refractivity contribution in [3.05, 3.63) is 59.7 Å². The van der Waals surface area contributed by atoms with Gasteiger partial charge in [0.05, 0.1) is 16.8 Å². The summed E-state index contributed by atoms with van der Waals surface area (Å²) in [7, 11) is -3.45. The largest absolute Gasteiger partial charge is 0.399 e. The zero-order valence-corrected chi connectivity index (χ0v) is 13.8. The molecule has 0 amide bonds. The Bertz CT molecular complexity index is 802. The highest BCUT2D eigenvalue weighted by molar-refractivity contribution is 7.91. The molecule has 3 atom stereocenters. The molecule has 0 aliphatic carbocycles.